The first-order valence-electron chi connectivity index (χ1n) is 12.6. The van der Waals surface area contributed by atoms with Crippen molar-refractivity contribution in [1.29, 1.82) is 0 Å². The van der Waals surface area contributed by atoms with Crippen LogP contribution in [0.1, 0.15) is 140 Å². The normalized spacial score (nSPS) is 30.1. The third-order valence-corrected chi connectivity index (χ3v) is 7.19. The van der Waals surface area contributed by atoms with Crippen LogP contribution in [0.25, 0.3) is 0 Å². The summed E-state index contributed by atoms with van der Waals surface area (Å²) in [5.41, 5.74) is 1.42. The van der Waals surface area contributed by atoms with E-state index in [1.54, 1.807) is 0 Å². The lowest BCUT2D eigenvalue weighted by molar-refractivity contribution is 0.409. The van der Waals surface area contributed by atoms with E-state index in [0.29, 0.717) is 12.0 Å². The van der Waals surface area contributed by atoms with Gasteiger partial charge in [0.1, 0.15) is 5.82 Å². The zero-order chi connectivity index (χ0) is 19.4. The Bertz CT molecular complexity index is 500. The maximum atomic E-state index is 4.83. The first-order valence-corrected chi connectivity index (χ1v) is 12.6. The van der Waals surface area contributed by atoms with E-state index in [-0.39, 0.29) is 0 Å². The Morgan fingerprint density at radius 3 is 1.96 bits per heavy atom. The molecule has 1 aliphatic heterocycles. The van der Waals surface area contributed by atoms with Crippen molar-refractivity contribution in [2.45, 2.75) is 128 Å². The van der Waals surface area contributed by atoms with Crippen LogP contribution >= 0.6 is 0 Å². The predicted molar refractivity (Wildman–Crippen MR) is 120 cm³/mol. The van der Waals surface area contributed by atoms with E-state index < -0.39 is 0 Å². The Morgan fingerprint density at radius 2 is 1.29 bits per heavy atom. The molecule has 2 aliphatic rings. The molecule has 1 saturated heterocycles. The summed E-state index contributed by atoms with van der Waals surface area (Å²) in [7, 11) is 0. The summed E-state index contributed by atoms with van der Waals surface area (Å²) in [6.45, 7) is 3.60. The summed E-state index contributed by atoms with van der Waals surface area (Å²) < 4.78 is 0. The highest BCUT2D eigenvalue weighted by Gasteiger charge is 2.19. The zero-order valence-corrected chi connectivity index (χ0v) is 18.5. The minimum absolute atomic E-state index is 0.439. The van der Waals surface area contributed by atoms with Gasteiger partial charge in [-0.3, -0.25) is 0 Å². The molecule has 1 aliphatic carbocycles. The highest BCUT2D eigenvalue weighted by molar-refractivity contribution is 5.10. The quantitative estimate of drug-likeness (QED) is 0.554. The van der Waals surface area contributed by atoms with Crippen molar-refractivity contribution in [3.05, 3.63) is 17.7 Å². The van der Waals surface area contributed by atoms with Gasteiger partial charge in [0.25, 0.3) is 0 Å². The molecule has 1 aromatic heterocycles. The van der Waals surface area contributed by atoms with Crippen molar-refractivity contribution in [2.75, 3.05) is 6.54 Å². The number of H-pyrrole nitrogens is 1. The van der Waals surface area contributed by atoms with Gasteiger partial charge in [0.2, 0.25) is 0 Å². The molecule has 2 heterocycles. The second kappa shape index (κ2) is 12.7. The zero-order valence-electron chi connectivity index (χ0n) is 18.5. The lowest BCUT2D eigenvalue weighted by Crippen LogP contribution is -2.25. The highest BCUT2D eigenvalue weighted by Crippen LogP contribution is 2.30. The maximum absolute atomic E-state index is 4.83. The summed E-state index contributed by atoms with van der Waals surface area (Å²) in [4.78, 5) is 8.60. The smallest absolute Gasteiger partial charge is 0.123 e. The van der Waals surface area contributed by atoms with Crippen molar-refractivity contribution in [1.82, 2.24) is 15.3 Å². The monoisotopic (exact) mass is 387 g/mol. The van der Waals surface area contributed by atoms with Gasteiger partial charge in [0.15, 0.2) is 0 Å². The lowest BCUT2D eigenvalue weighted by Gasteiger charge is -2.20. The van der Waals surface area contributed by atoms with Crippen LogP contribution in [0.2, 0.25) is 0 Å². The number of rotatable bonds is 2. The van der Waals surface area contributed by atoms with E-state index in [9.17, 15) is 0 Å². The fourth-order valence-electron chi connectivity index (χ4n) is 5.25. The van der Waals surface area contributed by atoms with Gasteiger partial charge >= 0.3 is 0 Å². The second-order valence-electron chi connectivity index (χ2n) is 9.72. The fraction of sp³-hybridized carbons (Fsp3) is 0.880. The second-order valence-corrected chi connectivity index (χ2v) is 9.72. The van der Waals surface area contributed by atoms with Crippen molar-refractivity contribution < 1.29 is 0 Å². The summed E-state index contributed by atoms with van der Waals surface area (Å²) in [6, 6.07) is 0.439. The first kappa shape index (κ1) is 21.9. The molecule has 3 rings (SSSR count). The molecule has 28 heavy (non-hydrogen) atoms. The summed E-state index contributed by atoms with van der Waals surface area (Å²) >= 11 is 0. The number of nitrogens with zero attached hydrogens (tertiary/aromatic N) is 1. The average Bonchev–Trinajstić information content (AvgIpc) is 3.14. The number of nitrogens with one attached hydrogen (secondary N) is 2. The van der Waals surface area contributed by atoms with Crippen LogP contribution in [0.4, 0.5) is 0 Å². The largest absolute Gasteiger partial charge is 0.344 e. The van der Waals surface area contributed by atoms with Gasteiger partial charge in [-0.2, -0.15) is 0 Å². The van der Waals surface area contributed by atoms with E-state index in [0.717, 1.165) is 12.5 Å². The van der Waals surface area contributed by atoms with Crippen molar-refractivity contribution in [3.8, 4) is 0 Å². The van der Waals surface area contributed by atoms with E-state index >= 15 is 0 Å². The molecule has 0 amide bonds. The Labute approximate surface area is 173 Å². The number of aromatic amines is 1. The van der Waals surface area contributed by atoms with Crippen LogP contribution in [0.5, 0.6) is 0 Å². The molecule has 1 unspecified atom stereocenters. The summed E-state index contributed by atoms with van der Waals surface area (Å²) in [5, 5.41) is 3.73. The van der Waals surface area contributed by atoms with Gasteiger partial charge in [0.05, 0.1) is 6.04 Å². The van der Waals surface area contributed by atoms with Crippen LogP contribution in [-0.2, 0) is 0 Å². The molecule has 3 nitrogen and oxygen atoms in total. The SMILES string of the molecule is CC1CCCCCCC(c2cnc(C3CCCCCCN3)[nH]2)CCCCCC1. The fourth-order valence-corrected chi connectivity index (χ4v) is 5.25. The number of hydrogen-bond acceptors (Lipinski definition) is 2. The van der Waals surface area contributed by atoms with Crippen molar-refractivity contribution in [2.24, 2.45) is 5.92 Å². The van der Waals surface area contributed by atoms with Crippen LogP contribution in [0, 0.1) is 5.92 Å². The van der Waals surface area contributed by atoms with Crippen molar-refractivity contribution >= 4 is 0 Å². The topological polar surface area (TPSA) is 40.7 Å². The van der Waals surface area contributed by atoms with Crippen LogP contribution in [0.15, 0.2) is 6.20 Å². The molecule has 0 bridgehead atoms. The molecular formula is C25H45N3. The number of hydrogen-bond donors (Lipinski definition) is 2. The standard InChI is InChI=1S/C25H45N3/c1-21-14-8-2-4-10-16-22(17-11-5-3-9-15-21)24-20-27-25(28-24)23-18-12-6-7-13-19-26-23/h20-23,26H,2-19H2,1H3,(H,27,28). The van der Waals surface area contributed by atoms with E-state index in [2.05, 4.69) is 23.4 Å². The molecular weight excluding hydrogens is 342 g/mol. The molecule has 160 valence electrons. The molecule has 0 radical (unpaired) electrons. The van der Waals surface area contributed by atoms with Crippen LogP contribution < -0.4 is 5.32 Å². The summed E-state index contributed by atoms with van der Waals surface area (Å²) in [6.07, 6.45) is 25.7. The Hall–Kier alpha value is -0.830. The molecule has 1 aromatic rings. The molecule has 2 N–H and O–H groups in total. The van der Waals surface area contributed by atoms with Crippen molar-refractivity contribution in [3.63, 3.8) is 0 Å². The minimum Gasteiger partial charge on any atom is -0.344 e. The molecule has 1 atom stereocenters. The molecule has 1 saturated carbocycles. The molecule has 3 heteroatoms. The first-order chi connectivity index (χ1) is 13.8. The van der Waals surface area contributed by atoms with E-state index in [4.69, 9.17) is 4.98 Å². The highest BCUT2D eigenvalue weighted by atomic mass is 15.0. The Kier molecular flexibility index (Phi) is 9.90. The van der Waals surface area contributed by atoms with Gasteiger partial charge in [0, 0.05) is 17.8 Å². The van der Waals surface area contributed by atoms with Gasteiger partial charge in [-0.05, 0) is 38.1 Å². The Morgan fingerprint density at radius 1 is 0.714 bits per heavy atom. The molecule has 0 aromatic carbocycles. The Balaban J connectivity index is 1.55. The predicted octanol–water partition coefficient (Wildman–Crippen LogP) is 7.42. The van der Waals surface area contributed by atoms with E-state index in [1.165, 1.54) is 121 Å². The van der Waals surface area contributed by atoms with Gasteiger partial charge < -0.3 is 10.3 Å². The lowest BCUT2D eigenvalue weighted by atomic mass is 9.90. The van der Waals surface area contributed by atoms with Gasteiger partial charge in [-0.15, -0.1) is 0 Å². The minimum atomic E-state index is 0.439. The molecule has 0 spiro atoms. The van der Waals surface area contributed by atoms with Crippen LogP contribution in [0.3, 0.4) is 0 Å². The maximum Gasteiger partial charge on any atom is 0.123 e. The number of imidazole rings is 1. The average molecular weight is 388 g/mol. The number of aromatic nitrogens is 2. The third-order valence-electron chi connectivity index (χ3n) is 7.19. The van der Waals surface area contributed by atoms with Gasteiger partial charge in [-0.25, -0.2) is 4.98 Å². The molecule has 2 fully saturated rings. The van der Waals surface area contributed by atoms with E-state index in [1.807, 2.05) is 0 Å². The summed E-state index contributed by atoms with van der Waals surface area (Å²) in [5.74, 6) is 2.84. The van der Waals surface area contributed by atoms with Crippen LogP contribution in [-0.4, -0.2) is 16.5 Å². The third kappa shape index (κ3) is 7.54. The van der Waals surface area contributed by atoms with Gasteiger partial charge in [-0.1, -0.05) is 90.4 Å².